The van der Waals surface area contributed by atoms with Gasteiger partial charge in [0, 0.05) is 19.3 Å². The molecule has 0 unspecified atom stereocenters. The molecule has 0 saturated heterocycles. The van der Waals surface area contributed by atoms with Gasteiger partial charge < -0.3 is 10.6 Å². The fourth-order valence-electron chi connectivity index (χ4n) is 2.07. The fourth-order valence-corrected chi connectivity index (χ4v) is 2.30. The lowest BCUT2D eigenvalue weighted by molar-refractivity contribution is 0.0952. The highest BCUT2D eigenvalue weighted by Crippen LogP contribution is 2.19. The normalized spacial score (nSPS) is 10.4. The van der Waals surface area contributed by atoms with Crippen molar-refractivity contribution in [1.82, 2.24) is 10.3 Å². The summed E-state index contributed by atoms with van der Waals surface area (Å²) in [6, 6.07) is 1.66. The van der Waals surface area contributed by atoms with Crippen LogP contribution in [-0.4, -0.2) is 24.0 Å². The Kier molecular flexibility index (Phi) is 8.83. The third kappa shape index (κ3) is 6.80. The van der Waals surface area contributed by atoms with Gasteiger partial charge in [0.1, 0.15) is 5.82 Å². The van der Waals surface area contributed by atoms with Crippen molar-refractivity contribution in [2.75, 3.05) is 18.4 Å². The minimum atomic E-state index is -0.110. The van der Waals surface area contributed by atoms with Crippen LogP contribution in [0.25, 0.3) is 0 Å². The molecule has 1 rings (SSSR count). The van der Waals surface area contributed by atoms with E-state index in [0.717, 1.165) is 13.0 Å². The largest absolute Gasteiger partial charge is 0.369 e. The van der Waals surface area contributed by atoms with Gasteiger partial charge in [-0.1, -0.05) is 50.6 Å². The molecule has 2 N–H and O–H groups in total. The van der Waals surface area contributed by atoms with Crippen molar-refractivity contribution >= 4 is 23.3 Å². The van der Waals surface area contributed by atoms with Crippen LogP contribution in [0.1, 0.15) is 62.7 Å². The molecule has 1 aromatic heterocycles. The van der Waals surface area contributed by atoms with Gasteiger partial charge >= 0.3 is 0 Å². The maximum Gasteiger partial charge on any atom is 0.252 e. The molecule has 0 aromatic carbocycles. The van der Waals surface area contributed by atoms with Crippen LogP contribution in [0.5, 0.6) is 0 Å². The molecule has 0 spiro atoms. The van der Waals surface area contributed by atoms with Gasteiger partial charge in [0.15, 0.2) is 0 Å². The maximum absolute atomic E-state index is 12.0. The summed E-state index contributed by atoms with van der Waals surface area (Å²) < 4.78 is 0. The predicted octanol–water partition coefficient (Wildman–Crippen LogP) is 4.26. The van der Waals surface area contributed by atoms with E-state index in [9.17, 15) is 4.79 Å². The number of aromatic nitrogens is 1. The molecule has 0 saturated carbocycles. The van der Waals surface area contributed by atoms with Crippen LogP contribution in [0.3, 0.4) is 0 Å². The van der Waals surface area contributed by atoms with Gasteiger partial charge in [-0.2, -0.15) is 0 Å². The molecule has 4 nitrogen and oxygen atoms in total. The molecular weight excluding hydrogens is 286 g/mol. The molecular formula is C16H26ClN3O. The first-order valence-electron chi connectivity index (χ1n) is 7.86. The Morgan fingerprint density at radius 2 is 1.90 bits per heavy atom. The molecule has 118 valence electrons. The Bertz CT molecular complexity index is 438. The molecule has 21 heavy (non-hydrogen) atoms. The summed E-state index contributed by atoms with van der Waals surface area (Å²) in [4.78, 5) is 16.1. The summed E-state index contributed by atoms with van der Waals surface area (Å²) in [7, 11) is 0. The second-order valence-electron chi connectivity index (χ2n) is 5.11. The fraction of sp³-hybridized carbons (Fsp3) is 0.625. The molecule has 1 amide bonds. The molecule has 0 radical (unpaired) electrons. The van der Waals surface area contributed by atoms with Crippen molar-refractivity contribution in [2.45, 2.75) is 52.4 Å². The molecule has 0 aliphatic rings. The van der Waals surface area contributed by atoms with E-state index in [4.69, 9.17) is 11.6 Å². The van der Waals surface area contributed by atoms with E-state index in [1.165, 1.54) is 32.1 Å². The average Bonchev–Trinajstić information content (AvgIpc) is 2.48. The van der Waals surface area contributed by atoms with Crippen molar-refractivity contribution in [3.05, 3.63) is 22.8 Å². The summed E-state index contributed by atoms with van der Waals surface area (Å²) in [6.45, 7) is 5.63. The highest BCUT2D eigenvalue weighted by molar-refractivity contribution is 6.33. The number of pyridine rings is 1. The molecule has 0 bridgehead atoms. The number of halogens is 1. The number of nitrogens with zero attached hydrogens (tertiary/aromatic N) is 1. The molecule has 0 aliphatic heterocycles. The predicted molar refractivity (Wildman–Crippen MR) is 89.1 cm³/mol. The Labute approximate surface area is 132 Å². The standard InChI is InChI=1S/C16H26ClN3O/c1-3-5-6-7-8-9-10-19-16(21)13-11-14(17)15(18-4-2)20-12-13/h11-12H,3-10H2,1-2H3,(H,18,20)(H,19,21). The average molecular weight is 312 g/mol. The van der Waals surface area contributed by atoms with Gasteiger partial charge in [0.2, 0.25) is 0 Å². The summed E-state index contributed by atoms with van der Waals surface area (Å²) in [5, 5.41) is 6.43. The monoisotopic (exact) mass is 311 g/mol. The summed E-state index contributed by atoms with van der Waals surface area (Å²) in [5.74, 6) is 0.507. The lowest BCUT2D eigenvalue weighted by Crippen LogP contribution is -2.24. The Hall–Kier alpha value is -1.29. The zero-order valence-electron chi connectivity index (χ0n) is 13.0. The first kappa shape index (κ1) is 17.8. The number of carbonyl (C=O) groups is 1. The van der Waals surface area contributed by atoms with Crippen molar-refractivity contribution in [1.29, 1.82) is 0 Å². The van der Waals surface area contributed by atoms with Crippen molar-refractivity contribution in [3.8, 4) is 0 Å². The van der Waals surface area contributed by atoms with Crippen LogP contribution in [0.15, 0.2) is 12.3 Å². The molecule has 1 aromatic rings. The van der Waals surface area contributed by atoms with Crippen LogP contribution >= 0.6 is 11.6 Å². The molecule has 5 heteroatoms. The molecule has 0 fully saturated rings. The van der Waals surface area contributed by atoms with Gasteiger partial charge in [-0.05, 0) is 19.4 Å². The van der Waals surface area contributed by atoms with Gasteiger partial charge in [-0.15, -0.1) is 0 Å². The van der Waals surface area contributed by atoms with Crippen molar-refractivity contribution < 1.29 is 4.79 Å². The number of hydrogen-bond donors (Lipinski definition) is 2. The Morgan fingerprint density at radius 3 is 2.57 bits per heavy atom. The van der Waals surface area contributed by atoms with Gasteiger partial charge in [0.05, 0.1) is 10.6 Å². The van der Waals surface area contributed by atoms with E-state index in [1.54, 1.807) is 12.3 Å². The second-order valence-corrected chi connectivity index (χ2v) is 5.52. The highest BCUT2D eigenvalue weighted by atomic mass is 35.5. The lowest BCUT2D eigenvalue weighted by atomic mass is 10.1. The minimum Gasteiger partial charge on any atom is -0.369 e. The minimum absolute atomic E-state index is 0.110. The smallest absolute Gasteiger partial charge is 0.252 e. The van der Waals surface area contributed by atoms with Crippen LogP contribution < -0.4 is 10.6 Å². The number of anilines is 1. The Balaban J connectivity index is 2.30. The quantitative estimate of drug-likeness (QED) is 0.635. The highest BCUT2D eigenvalue weighted by Gasteiger charge is 2.09. The van der Waals surface area contributed by atoms with Gasteiger partial charge in [0.25, 0.3) is 5.91 Å². The lowest BCUT2D eigenvalue weighted by Gasteiger charge is -2.08. The van der Waals surface area contributed by atoms with Crippen LogP contribution in [0.4, 0.5) is 5.82 Å². The van der Waals surface area contributed by atoms with E-state index in [2.05, 4.69) is 22.5 Å². The third-order valence-corrected chi connectivity index (χ3v) is 3.55. The number of hydrogen-bond acceptors (Lipinski definition) is 3. The number of carbonyl (C=O) groups excluding carboxylic acids is 1. The second kappa shape index (κ2) is 10.4. The van der Waals surface area contributed by atoms with E-state index < -0.39 is 0 Å². The third-order valence-electron chi connectivity index (χ3n) is 3.26. The maximum atomic E-state index is 12.0. The Morgan fingerprint density at radius 1 is 1.19 bits per heavy atom. The first-order chi connectivity index (χ1) is 10.2. The van der Waals surface area contributed by atoms with Gasteiger partial charge in [-0.3, -0.25) is 4.79 Å². The van der Waals surface area contributed by atoms with E-state index in [0.29, 0.717) is 22.9 Å². The van der Waals surface area contributed by atoms with E-state index >= 15 is 0 Å². The zero-order valence-corrected chi connectivity index (χ0v) is 13.8. The zero-order chi connectivity index (χ0) is 15.5. The van der Waals surface area contributed by atoms with E-state index in [-0.39, 0.29) is 5.91 Å². The summed E-state index contributed by atoms with van der Waals surface area (Å²) in [6.07, 6.45) is 8.83. The van der Waals surface area contributed by atoms with Crippen molar-refractivity contribution in [3.63, 3.8) is 0 Å². The van der Waals surface area contributed by atoms with Gasteiger partial charge in [-0.25, -0.2) is 4.98 Å². The number of unbranched alkanes of at least 4 members (excludes halogenated alkanes) is 5. The topological polar surface area (TPSA) is 54.0 Å². The molecule has 0 atom stereocenters. The number of amides is 1. The van der Waals surface area contributed by atoms with Crippen LogP contribution in [-0.2, 0) is 0 Å². The number of rotatable bonds is 10. The van der Waals surface area contributed by atoms with E-state index in [1.807, 2.05) is 6.92 Å². The number of nitrogens with one attached hydrogen (secondary N) is 2. The molecule has 1 heterocycles. The summed E-state index contributed by atoms with van der Waals surface area (Å²) >= 11 is 6.08. The SMILES string of the molecule is CCCCCCCCNC(=O)c1cnc(NCC)c(Cl)c1. The van der Waals surface area contributed by atoms with Crippen LogP contribution in [0, 0.1) is 0 Å². The van der Waals surface area contributed by atoms with Crippen LogP contribution in [0.2, 0.25) is 5.02 Å². The molecule has 0 aliphatic carbocycles. The first-order valence-corrected chi connectivity index (χ1v) is 8.24. The summed E-state index contributed by atoms with van der Waals surface area (Å²) in [5.41, 5.74) is 0.507. The van der Waals surface area contributed by atoms with Crippen molar-refractivity contribution in [2.24, 2.45) is 0 Å².